The number of carbonyl (C=O) groups excluding carboxylic acids is 1. The van der Waals surface area contributed by atoms with Gasteiger partial charge in [-0.1, -0.05) is 6.92 Å². The van der Waals surface area contributed by atoms with Crippen LogP contribution in [0.2, 0.25) is 0 Å². The second-order valence-electron chi connectivity index (χ2n) is 5.12. The number of likely N-dealkylation sites (N-methyl/N-ethyl adjacent to an activating group) is 1. The molecule has 0 bridgehead atoms. The van der Waals surface area contributed by atoms with Crippen LogP contribution < -0.4 is 5.32 Å². The third kappa shape index (κ3) is 4.42. The Labute approximate surface area is 120 Å². The second-order valence-corrected chi connectivity index (χ2v) is 5.12. The Bertz CT molecular complexity index is 392. The average molecular weight is 281 g/mol. The van der Waals surface area contributed by atoms with Crippen LogP contribution in [0.15, 0.2) is 0 Å². The number of nitrogens with one attached hydrogen (secondary N) is 1. The maximum Gasteiger partial charge on any atom is 0.327 e. The van der Waals surface area contributed by atoms with E-state index in [1.807, 2.05) is 14.0 Å². The lowest BCUT2D eigenvalue weighted by atomic mass is 10.2. The van der Waals surface area contributed by atoms with E-state index in [-0.39, 0.29) is 18.5 Å². The number of hydrogen-bond acceptors (Lipinski definition) is 3. The number of hydrogen-bond donors (Lipinski definition) is 2. The number of nitrogens with zero attached hydrogens (tertiary/aromatic N) is 2. The summed E-state index contributed by atoms with van der Waals surface area (Å²) in [6.45, 7) is 4.40. The number of aliphatic carboxylic acids is 1. The molecule has 1 fully saturated rings. The van der Waals surface area contributed by atoms with Crippen molar-refractivity contribution in [3.8, 4) is 12.3 Å². The van der Waals surface area contributed by atoms with Gasteiger partial charge in [-0.3, -0.25) is 0 Å². The fourth-order valence-electron chi connectivity index (χ4n) is 2.41. The van der Waals surface area contributed by atoms with Crippen molar-refractivity contribution in [1.82, 2.24) is 15.1 Å². The van der Waals surface area contributed by atoms with Crippen molar-refractivity contribution >= 4 is 12.0 Å². The van der Waals surface area contributed by atoms with Crippen molar-refractivity contribution in [3.63, 3.8) is 0 Å². The van der Waals surface area contributed by atoms with E-state index >= 15 is 0 Å². The summed E-state index contributed by atoms with van der Waals surface area (Å²) in [5, 5.41) is 11.6. The molecule has 0 aromatic carbocycles. The summed E-state index contributed by atoms with van der Waals surface area (Å²) in [7, 11) is 2.03. The molecule has 1 aliphatic rings. The number of terminal acetylenes is 1. The number of urea groups is 1. The van der Waals surface area contributed by atoms with Crippen LogP contribution >= 0.6 is 0 Å². The van der Waals surface area contributed by atoms with Crippen molar-refractivity contribution in [2.75, 3.05) is 26.7 Å². The molecule has 112 valence electrons. The Morgan fingerprint density at radius 2 is 2.20 bits per heavy atom. The zero-order chi connectivity index (χ0) is 15.1. The van der Waals surface area contributed by atoms with Crippen LogP contribution in [0.1, 0.15) is 26.2 Å². The average Bonchev–Trinajstić information content (AvgIpc) is 2.59. The number of carboxylic acids is 1. The molecule has 2 unspecified atom stereocenters. The molecule has 20 heavy (non-hydrogen) atoms. The van der Waals surface area contributed by atoms with Crippen LogP contribution in [-0.4, -0.2) is 65.7 Å². The fraction of sp³-hybridized carbons (Fsp3) is 0.714. The summed E-state index contributed by atoms with van der Waals surface area (Å²) in [6, 6.07) is -1.26. The Morgan fingerprint density at radius 1 is 1.50 bits per heavy atom. The molecule has 2 atom stereocenters. The van der Waals surface area contributed by atoms with Crippen molar-refractivity contribution in [2.24, 2.45) is 0 Å². The SMILES string of the molecule is C#CCC(NC(=O)N1CCCN(C)CC1CC)C(=O)O. The Balaban J connectivity index is 2.72. The predicted molar refractivity (Wildman–Crippen MR) is 76.3 cm³/mol. The molecule has 1 heterocycles. The summed E-state index contributed by atoms with van der Waals surface area (Å²) in [5.74, 6) is 1.18. The van der Waals surface area contributed by atoms with Crippen LogP contribution in [0, 0.1) is 12.3 Å². The van der Waals surface area contributed by atoms with Gasteiger partial charge in [-0.25, -0.2) is 9.59 Å². The van der Waals surface area contributed by atoms with Gasteiger partial charge in [0.05, 0.1) is 0 Å². The summed E-state index contributed by atoms with van der Waals surface area (Å²) >= 11 is 0. The summed E-state index contributed by atoms with van der Waals surface area (Å²) in [6.07, 6.45) is 6.84. The molecule has 6 heteroatoms. The van der Waals surface area contributed by atoms with Crippen molar-refractivity contribution in [3.05, 3.63) is 0 Å². The van der Waals surface area contributed by atoms with E-state index in [1.54, 1.807) is 4.90 Å². The Kier molecular flexibility index (Phi) is 6.32. The molecule has 2 N–H and O–H groups in total. The van der Waals surface area contributed by atoms with E-state index in [0.29, 0.717) is 6.54 Å². The zero-order valence-corrected chi connectivity index (χ0v) is 12.1. The molecule has 1 rings (SSSR count). The quantitative estimate of drug-likeness (QED) is 0.740. The van der Waals surface area contributed by atoms with Crippen LogP contribution in [0.4, 0.5) is 4.79 Å². The highest BCUT2D eigenvalue weighted by Gasteiger charge is 2.28. The van der Waals surface area contributed by atoms with Gasteiger partial charge in [-0.05, 0) is 26.4 Å². The number of carboxylic acid groups (broad SMARTS) is 1. The van der Waals surface area contributed by atoms with Gasteiger partial charge in [-0.15, -0.1) is 12.3 Å². The minimum atomic E-state index is -1.10. The third-order valence-corrected chi connectivity index (χ3v) is 3.55. The highest BCUT2D eigenvalue weighted by atomic mass is 16.4. The molecule has 0 aromatic rings. The van der Waals surface area contributed by atoms with Gasteiger partial charge in [0.2, 0.25) is 0 Å². The minimum absolute atomic E-state index is 0.00833. The smallest absolute Gasteiger partial charge is 0.327 e. The van der Waals surface area contributed by atoms with Crippen molar-refractivity contribution < 1.29 is 14.7 Å². The second kappa shape index (κ2) is 7.75. The first-order valence-corrected chi connectivity index (χ1v) is 6.91. The summed E-state index contributed by atoms with van der Waals surface area (Å²) in [4.78, 5) is 27.2. The normalized spacial score (nSPS) is 21.6. The van der Waals surface area contributed by atoms with Crippen LogP contribution in [0.3, 0.4) is 0 Å². The van der Waals surface area contributed by atoms with Gasteiger partial charge in [0.15, 0.2) is 0 Å². The van der Waals surface area contributed by atoms with E-state index in [2.05, 4.69) is 16.1 Å². The van der Waals surface area contributed by atoms with E-state index in [9.17, 15) is 9.59 Å². The van der Waals surface area contributed by atoms with E-state index in [1.165, 1.54) is 0 Å². The molecule has 0 aliphatic carbocycles. The number of carbonyl (C=O) groups is 2. The summed E-state index contributed by atoms with van der Waals surface area (Å²) in [5.41, 5.74) is 0. The lowest BCUT2D eigenvalue weighted by Gasteiger charge is -2.31. The van der Waals surface area contributed by atoms with Crippen LogP contribution in [0.5, 0.6) is 0 Å². The maximum atomic E-state index is 12.3. The van der Waals surface area contributed by atoms with E-state index in [4.69, 9.17) is 11.5 Å². The Hall–Kier alpha value is -1.74. The Morgan fingerprint density at radius 3 is 2.75 bits per heavy atom. The number of rotatable bonds is 4. The predicted octanol–water partition coefficient (Wildman–Crippen LogP) is 0.589. The first-order valence-electron chi connectivity index (χ1n) is 6.91. The topological polar surface area (TPSA) is 72.9 Å². The molecule has 0 aromatic heterocycles. The fourth-order valence-corrected chi connectivity index (χ4v) is 2.41. The number of amides is 2. The molecule has 0 radical (unpaired) electrons. The molecule has 6 nitrogen and oxygen atoms in total. The van der Waals surface area contributed by atoms with Gasteiger partial charge in [0, 0.05) is 25.6 Å². The monoisotopic (exact) mass is 281 g/mol. The first kappa shape index (κ1) is 16.3. The first-order chi connectivity index (χ1) is 9.49. The molecule has 0 saturated carbocycles. The molecule has 2 amide bonds. The van der Waals surface area contributed by atoms with Gasteiger partial charge in [0.1, 0.15) is 6.04 Å². The van der Waals surface area contributed by atoms with Gasteiger partial charge in [-0.2, -0.15) is 0 Å². The summed E-state index contributed by atoms with van der Waals surface area (Å²) < 4.78 is 0. The minimum Gasteiger partial charge on any atom is -0.480 e. The standard InChI is InChI=1S/C14H23N3O3/c1-4-7-12(13(18)19)15-14(20)17-9-6-8-16(3)10-11(17)5-2/h1,11-12H,5-10H2,2-3H3,(H,15,20)(H,18,19). The maximum absolute atomic E-state index is 12.3. The van der Waals surface area contributed by atoms with Gasteiger partial charge < -0.3 is 20.2 Å². The highest BCUT2D eigenvalue weighted by Crippen LogP contribution is 2.12. The third-order valence-electron chi connectivity index (χ3n) is 3.55. The highest BCUT2D eigenvalue weighted by molar-refractivity contribution is 5.83. The molecular weight excluding hydrogens is 258 g/mol. The van der Waals surface area contributed by atoms with Gasteiger partial charge >= 0.3 is 12.0 Å². The van der Waals surface area contributed by atoms with E-state index in [0.717, 1.165) is 25.9 Å². The lowest BCUT2D eigenvalue weighted by molar-refractivity contribution is -0.139. The largest absolute Gasteiger partial charge is 0.480 e. The van der Waals surface area contributed by atoms with Gasteiger partial charge in [0.25, 0.3) is 0 Å². The van der Waals surface area contributed by atoms with Crippen molar-refractivity contribution in [2.45, 2.75) is 38.3 Å². The lowest BCUT2D eigenvalue weighted by Crippen LogP contribution is -2.52. The van der Waals surface area contributed by atoms with Crippen LogP contribution in [-0.2, 0) is 4.79 Å². The van der Waals surface area contributed by atoms with Crippen LogP contribution in [0.25, 0.3) is 0 Å². The molecule has 1 aliphatic heterocycles. The molecule has 1 saturated heterocycles. The van der Waals surface area contributed by atoms with Crippen molar-refractivity contribution in [1.29, 1.82) is 0 Å². The zero-order valence-electron chi connectivity index (χ0n) is 12.1. The molecular formula is C14H23N3O3. The molecule has 0 spiro atoms. The van der Waals surface area contributed by atoms with E-state index < -0.39 is 12.0 Å².